The minimum absolute atomic E-state index is 0.245. The van der Waals surface area contributed by atoms with Crippen LogP contribution in [0.4, 0.5) is 8.78 Å². The maximum atomic E-state index is 13.3. The number of halogens is 3. The summed E-state index contributed by atoms with van der Waals surface area (Å²) in [6, 6.07) is 13.5. The van der Waals surface area contributed by atoms with Gasteiger partial charge in [0.25, 0.3) is 0 Å². The van der Waals surface area contributed by atoms with Gasteiger partial charge in [0.05, 0.1) is 16.7 Å². The van der Waals surface area contributed by atoms with E-state index in [1.807, 2.05) is 36.5 Å². The van der Waals surface area contributed by atoms with Crippen LogP contribution in [0.15, 0.2) is 60.9 Å². The van der Waals surface area contributed by atoms with Crippen molar-refractivity contribution in [2.75, 3.05) is 0 Å². The molecule has 0 fully saturated rings. The first kappa shape index (κ1) is 13.9. The second kappa shape index (κ2) is 5.77. The van der Waals surface area contributed by atoms with Crippen LogP contribution in [0.5, 0.6) is 0 Å². The lowest BCUT2D eigenvalue weighted by Gasteiger charge is -2.08. The second-order valence-electron chi connectivity index (χ2n) is 4.59. The molecule has 2 aromatic carbocycles. The van der Waals surface area contributed by atoms with E-state index in [-0.39, 0.29) is 4.83 Å². The summed E-state index contributed by atoms with van der Waals surface area (Å²) >= 11 is 3.50. The average molecular weight is 349 g/mol. The quantitative estimate of drug-likeness (QED) is 0.630. The standard InChI is InChI=1S/C16H11BrF2N2/c17-16(11-6-7-14(18)15(19)8-11)12-9-20-21(10-12)13-4-2-1-3-5-13/h1-10,16H. The summed E-state index contributed by atoms with van der Waals surface area (Å²) in [7, 11) is 0. The molecule has 3 aromatic rings. The molecule has 0 aliphatic heterocycles. The molecule has 0 radical (unpaired) electrons. The van der Waals surface area contributed by atoms with E-state index >= 15 is 0 Å². The molecule has 0 saturated carbocycles. The summed E-state index contributed by atoms with van der Waals surface area (Å²) in [6.07, 6.45) is 3.56. The Bertz CT molecular complexity index is 756. The first-order valence-electron chi connectivity index (χ1n) is 6.34. The Morgan fingerprint density at radius 2 is 1.71 bits per heavy atom. The molecule has 0 N–H and O–H groups in total. The third kappa shape index (κ3) is 2.88. The van der Waals surface area contributed by atoms with Crippen molar-refractivity contribution in [2.24, 2.45) is 0 Å². The van der Waals surface area contributed by atoms with Crippen molar-refractivity contribution in [1.29, 1.82) is 0 Å². The van der Waals surface area contributed by atoms with E-state index in [2.05, 4.69) is 21.0 Å². The average Bonchev–Trinajstić information content (AvgIpc) is 3.00. The van der Waals surface area contributed by atoms with Crippen molar-refractivity contribution in [3.05, 3.63) is 83.7 Å². The molecule has 0 aliphatic rings. The fraction of sp³-hybridized carbons (Fsp3) is 0.0625. The van der Waals surface area contributed by atoms with Crippen molar-refractivity contribution in [3.8, 4) is 5.69 Å². The molecule has 21 heavy (non-hydrogen) atoms. The zero-order chi connectivity index (χ0) is 14.8. The minimum atomic E-state index is -0.854. The Kier molecular flexibility index (Phi) is 3.84. The third-order valence-electron chi connectivity index (χ3n) is 3.15. The number of rotatable bonds is 3. The highest BCUT2D eigenvalue weighted by Gasteiger charge is 2.15. The van der Waals surface area contributed by atoms with E-state index in [1.54, 1.807) is 16.9 Å². The molecule has 0 amide bonds. The highest BCUT2D eigenvalue weighted by atomic mass is 79.9. The van der Waals surface area contributed by atoms with Gasteiger partial charge in [0, 0.05) is 11.8 Å². The first-order valence-corrected chi connectivity index (χ1v) is 7.26. The van der Waals surface area contributed by atoms with Crippen LogP contribution in [-0.2, 0) is 0 Å². The number of benzene rings is 2. The molecule has 1 heterocycles. The predicted molar refractivity (Wildman–Crippen MR) is 80.7 cm³/mol. The van der Waals surface area contributed by atoms with Gasteiger partial charge in [-0.1, -0.05) is 40.2 Å². The number of aromatic nitrogens is 2. The van der Waals surface area contributed by atoms with Gasteiger partial charge in [-0.2, -0.15) is 5.10 Å². The van der Waals surface area contributed by atoms with Crippen LogP contribution in [-0.4, -0.2) is 9.78 Å². The van der Waals surface area contributed by atoms with Crippen LogP contribution >= 0.6 is 15.9 Å². The molecule has 2 nitrogen and oxygen atoms in total. The summed E-state index contributed by atoms with van der Waals surface area (Å²) in [5, 5.41) is 4.29. The van der Waals surface area contributed by atoms with Crippen LogP contribution < -0.4 is 0 Å². The number of para-hydroxylation sites is 1. The fourth-order valence-electron chi connectivity index (χ4n) is 2.05. The SMILES string of the molecule is Fc1ccc(C(Br)c2cnn(-c3ccccc3)c2)cc1F. The molecule has 1 atom stereocenters. The first-order chi connectivity index (χ1) is 10.1. The molecular formula is C16H11BrF2N2. The predicted octanol–water partition coefficient (Wildman–Crippen LogP) is 4.63. The van der Waals surface area contributed by atoms with Crippen LogP contribution in [0.25, 0.3) is 5.69 Å². The lowest BCUT2D eigenvalue weighted by Crippen LogP contribution is -1.95. The molecule has 3 rings (SSSR count). The molecule has 0 aliphatic carbocycles. The van der Waals surface area contributed by atoms with Gasteiger partial charge >= 0.3 is 0 Å². The summed E-state index contributed by atoms with van der Waals surface area (Å²) in [4.78, 5) is -0.245. The van der Waals surface area contributed by atoms with Crippen LogP contribution in [0.1, 0.15) is 16.0 Å². The maximum absolute atomic E-state index is 13.3. The zero-order valence-electron chi connectivity index (χ0n) is 10.9. The summed E-state index contributed by atoms with van der Waals surface area (Å²) < 4.78 is 28.0. The Labute approximate surface area is 129 Å². The van der Waals surface area contributed by atoms with E-state index in [9.17, 15) is 8.78 Å². The number of hydrogen-bond donors (Lipinski definition) is 0. The van der Waals surface area contributed by atoms with Crippen molar-refractivity contribution >= 4 is 15.9 Å². The van der Waals surface area contributed by atoms with Gasteiger partial charge in [-0.3, -0.25) is 0 Å². The van der Waals surface area contributed by atoms with Gasteiger partial charge in [-0.15, -0.1) is 0 Å². The third-order valence-corrected chi connectivity index (χ3v) is 4.21. The molecule has 5 heteroatoms. The zero-order valence-corrected chi connectivity index (χ0v) is 12.5. The fourth-order valence-corrected chi connectivity index (χ4v) is 2.57. The van der Waals surface area contributed by atoms with Crippen molar-refractivity contribution in [3.63, 3.8) is 0 Å². The molecule has 0 spiro atoms. The number of nitrogens with zero attached hydrogens (tertiary/aromatic N) is 2. The Balaban J connectivity index is 1.90. The Morgan fingerprint density at radius 1 is 0.952 bits per heavy atom. The molecule has 106 valence electrons. The molecule has 0 bridgehead atoms. The normalized spacial score (nSPS) is 12.3. The Morgan fingerprint density at radius 3 is 2.43 bits per heavy atom. The molecule has 1 unspecified atom stereocenters. The lowest BCUT2D eigenvalue weighted by molar-refractivity contribution is 0.507. The lowest BCUT2D eigenvalue weighted by atomic mass is 10.1. The summed E-state index contributed by atoms with van der Waals surface area (Å²) in [5.74, 6) is -1.70. The Hall–Kier alpha value is -2.01. The van der Waals surface area contributed by atoms with Crippen molar-refractivity contribution in [2.45, 2.75) is 4.83 Å². The topological polar surface area (TPSA) is 17.8 Å². The maximum Gasteiger partial charge on any atom is 0.159 e. The van der Waals surface area contributed by atoms with Crippen molar-refractivity contribution in [1.82, 2.24) is 9.78 Å². The van der Waals surface area contributed by atoms with E-state index < -0.39 is 11.6 Å². The van der Waals surface area contributed by atoms with Gasteiger partial charge in [-0.05, 0) is 29.8 Å². The van der Waals surface area contributed by atoms with Crippen LogP contribution in [0.2, 0.25) is 0 Å². The van der Waals surface area contributed by atoms with Gasteiger partial charge in [0.1, 0.15) is 0 Å². The highest BCUT2D eigenvalue weighted by Crippen LogP contribution is 2.31. The smallest absolute Gasteiger partial charge is 0.159 e. The second-order valence-corrected chi connectivity index (χ2v) is 5.51. The minimum Gasteiger partial charge on any atom is -0.241 e. The van der Waals surface area contributed by atoms with E-state index in [0.29, 0.717) is 5.56 Å². The van der Waals surface area contributed by atoms with Gasteiger partial charge in [0.15, 0.2) is 11.6 Å². The van der Waals surface area contributed by atoms with E-state index in [1.165, 1.54) is 6.07 Å². The van der Waals surface area contributed by atoms with Gasteiger partial charge < -0.3 is 0 Å². The highest BCUT2D eigenvalue weighted by molar-refractivity contribution is 9.09. The largest absolute Gasteiger partial charge is 0.241 e. The molecule has 0 saturated heterocycles. The van der Waals surface area contributed by atoms with Gasteiger partial charge in [0.2, 0.25) is 0 Å². The summed E-state index contributed by atoms with van der Waals surface area (Å²) in [6.45, 7) is 0. The molecular weight excluding hydrogens is 338 g/mol. The van der Waals surface area contributed by atoms with Gasteiger partial charge in [-0.25, -0.2) is 13.5 Å². The summed E-state index contributed by atoms with van der Waals surface area (Å²) in [5.41, 5.74) is 2.44. The van der Waals surface area contributed by atoms with Crippen LogP contribution in [0, 0.1) is 11.6 Å². The molecule has 1 aromatic heterocycles. The van der Waals surface area contributed by atoms with E-state index in [4.69, 9.17) is 0 Å². The van der Waals surface area contributed by atoms with Crippen molar-refractivity contribution < 1.29 is 8.78 Å². The monoisotopic (exact) mass is 348 g/mol. The number of hydrogen-bond acceptors (Lipinski definition) is 1. The van der Waals surface area contributed by atoms with Crippen LogP contribution in [0.3, 0.4) is 0 Å². The number of alkyl halides is 1. The van der Waals surface area contributed by atoms with E-state index in [0.717, 1.165) is 17.3 Å².